The van der Waals surface area contributed by atoms with E-state index in [1.807, 2.05) is 0 Å². The highest BCUT2D eigenvalue weighted by Crippen LogP contribution is 2.15. The van der Waals surface area contributed by atoms with Gasteiger partial charge in [-0.2, -0.15) is 4.72 Å². The fourth-order valence-corrected chi connectivity index (χ4v) is 2.75. The molecule has 0 fully saturated rings. The summed E-state index contributed by atoms with van der Waals surface area (Å²) in [6, 6.07) is 1.48. The summed E-state index contributed by atoms with van der Waals surface area (Å²) in [4.78, 5) is 21.4. The Morgan fingerprint density at radius 3 is 2.05 bits per heavy atom. The van der Waals surface area contributed by atoms with Gasteiger partial charge in [-0.15, -0.1) is 0 Å². The van der Waals surface area contributed by atoms with Crippen LogP contribution in [0.3, 0.4) is 0 Å². The molecule has 0 aliphatic carbocycles. The second-order valence-electron chi connectivity index (χ2n) is 3.76. The minimum absolute atomic E-state index is 0.204. The molecule has 0 aliphatic rings. The maximum atomic E-state index is 11.9. The predicted octanol–water partition coefficient (Wildman–Crippen LogP) is -0.407. The van der Waals surface area contributed by atoms with Crippen LogP contribution < -0.4 is 10.5 Å². The summed E-state index contributed by atoms with van der Waals surface area (Å²) in [7, 11) is -4.19. The lowest BCUT2D eigenvalue weighted by Crippen LogP contribution is -2.55. The molecule has 5 N–H and O–H groups in total. The monoisotopic (exact) mass is 366 g/mol. The lowest BCUT2D eigenvalue weighted by Gasteiger charge is -2.18. The van der Waals surface area contributed by atoms with E-state index in [1.165, 1.54) is 24.3 Å². The quantitative estimate of drug-likeness (QED) is 0.535. The molecule has 0 aliphatic heterocycles. The van der Waals surface area contributed by atoms with Crippen LogP contribution >= 0.6 is 15.9 Å². The molecule has 1 aromatic carbocycles. The van der Waals surface area contributed by atoms with Crippen LogP contribution in [-0.2, 0) is 19.6 Å². The smallest absolute Gasteiger partial charge is 0.323 e. The number of hydrogen-bond acceptors (Lipinski definition) is 5. The Balaban J connectivity index is 3.06. The van der Waals surface area contributed by atoms with E-state index < -0.39 is 34.0 Å². The number of sulfonamides is 1. The topological polar surface area (TPSA) is 147 Å². The molecule has 0 saturated carbocycles. The van der Waals surface area contributed by atoms with Gasteiger partial charge in [0.05, 0.1) is 4.90 Å². The third-order valence-electron chi connectivity index (χ3n) is 2.32. The van der Waals surface area contributed by atoms with Gasteiger partial charge in [0.25, 0.3) is 0 Å². The largest absolute Gasteiger partial charge is 0.480 e. The van der Waals surface area contributed by atoms with Gasteiger partial charge >= 0.3 is 11.9 Å². The van der Waals surface area contributed by atoms with Gasteiger partial charge in [0, 0.05) is 4.47 Å². The van der Waals surface area contributed by atoms with E-state index in [0.717, 1.165) is 0 Å². The number of halogens is 1. The number of rotatable bonds is 6. The summed E-state index contributed by atoms with van der Waals surface area (Å²) in [6.07, 6.45) is 0. The average molecular weight is 367 g/mol. The predicted molar refractivity (Wildman–Crippen MR) is 71.5 cm³/mol. The van der Waals surface area contributed by atoms with E-state index in [1.54, 1.807) is 4.72 Å². The minimum Gasteiger partial charge on any atom is -0.480 e. The SMILES string of the molecule is N[C@H](C(=O)O)C(NS(=O)(=O)c1ccc(Br)cc1)C(=O)O. The highest BCUT2D eigenvalue weighted by atomic mass is 79.9. The standard InChI is InChI=1S/C10H11BrN2O6S/c11-5-1-3-6(4-2-5)20(18,19)13-8(10(16)17)7(12)9(14)15/h1-4,7-8,13H,12H2,(H,14,15)(H,16,17)/t7-,8?/m0/s1. The molecule has 0 radical (unpaired) electrons. The van der Waals surface area contributed by atoms with Crippen molar-refractivity contribution >= 4 is 37.9 Å². The number of nitrogens with one attached hydrogen (secondary N) is 1. The first kappa shape index (κ1) is 16.6. The van der Waals surface area contributed by atoms with Crippen LogP contribution in [0.5, 0.6) is 0 Å². The zero-order valence-corrected chi connectivity index (χ0v) is 12.3. The van der Waals surface area contributed by atoms with E-state index in [9.17, 15) is 18.0 Å². The summed E-state index contributed by atoms with van der Waals surface area (Å²) in [5.74, 6) is -3.31. The molecular formula is C10H11BrN2O6S. The van der Waals surface area contributed by atoms with Crippen molar-refractivity contribution in [3.8, 4) is 0 Å². The Morgan fingerprint density at radius 1 is 1.15 bits per heavy atom. The van der Waals surface area contributed by atoms with Crippen LogP contribution in [0, 0.1) is 0 Å². The molecule has 2 atom stereocenters. The van der Waals surface area contributed by atoms with Crippen LogP contribution in [0.2, 0.25) is 0 Å². The van der Waals surface area contributed by atoms with Crippen molar-refractivity contribution in [3.63, 3.8) is 0 Å². The zero-order chi connectivity index (χ0) is 15.5. The fraction of sp³-hybridized carbons (Fsp3) is 0.200. The number of nitrogens with two attached hydrogens (primary N) is 1. The molecule has 0 aromatic heterocycles. The van der Waals surface area contributed by atoms with Crippen molar-refractivity contribution in [2.75, 3.05) is 0 Å². The number of carbonyl (C=O) groups is 2. The fourth-order valence-electron chi connectivity index (χ4n) is 1.27. The van der Waals surface area contributed by atoms with Gasteiger partial charge in [-0.1, -0.05) is 15.9 Å². The normalized spacial score (nSPS) is 14.5. The van der Waals surface area contributed by atoms with Crippen molar-refractivity contribution in [2.24, 2.45) is 5.73 Å². The Hall–Kier alpha value is -1.49. The van der Waals surface area contributed by atoms with Gasteiger partial charge in [0.2, 0.25) is 10.0 Å². The first-order chi connectivity index (χ1) is 9.15. The highest BCUT2D eigenvalue weighted by molar-refractivity contribution is 9.10. The van der Waals surface area contributed by atoms with E-state index in [2.05, 4.69) is 15.9 Å². The van der Waals surface area contributed by atoms with Crippen molar-refractivity contribution in [3.05, 3.63) is 28.7 Å². The van der Waals surface area contributed by atoms with Crippen molar-refractivity contribution in [2.45, 2.75) is 17.0 Å². The van der Waals surface area contributed by atoms with Crippen LogP contribution in [0.25, 0.3) is 0 Å². The third-order valence-corrected chi connectivity index (χ3v) is 4.30. The molecule has 1 unspecified atom stereocenters. The van der Waals surface area contributed by atoms with Crippen LogP contribution in [0.1, 0.15) is 0 Å². The number of benzene rings is 1. The third kappa shape index (κ3) is 4.00. The van der Waals surface area contributed by atoms with Crippen LogP contribution in [-0.4, -0.2) is 42.7 Å². The molecule has 10 heteroatoms. The molecule has 1 rings (SSSR count). The van der Waals surface area contributed by atoms with Gasteiger partial charge < -0.3 is 15.9 Å². The molecule has 20 heavy (non-hydrogen) atoms. The van der Waals surface area contributed by atoms with Gasteiger partial charge in [-0.05, 0) is 24.3 Å². The Morgan fingerprint density at radius 2 is 1.65 bits per heavy atom. The molecule has 1 aromatic rings. The minimum atomic E-state index is -4.19. The van der Waals surface area contributed by atoms with E-state index in [0.29, 0.717) is 4.47 Å². The molecule has 0 spiro atoms. The van der Waals surface area contributed by atoms with Gasteiger partial charge in [0.1, 0.15) is 12.1 Å². The van der Waals surface area contributed by atoms with Crippen LogP contribution in [0.4, 0.5) is 0 Å². The summed E-state index contributed by atoms with van der Waals surface area (Å²) >= 11 is 3.12. The summed E-state index contributed by atoms with van der Waals surface area (Å²) in [5, 5.41) is 17.5. The number of carboxylic acids is 2. The van der Waals surface area contributed by atoms with Crippen LogP contribution in [0.15, 0.2) is 33.6 Å². The molecule has 8 nitrogen and oxygen atoms in total. The van der Waals surface area contributed by atoms with Crippen molar-refractivity contribution in [1.29, 1.82) is 0 Å². The number of aliphatic carboxylic acids is 2. The Kier molecular flexibility index (Phi) is 5.22. The van der Waals surface area contributed by atoms with Gasteiger partial charge in [0.15, 0.2) is 0 Å². The summed E-state index contributed by atoms with van der Waals surface area (Å²) in [6.45, 7) is 0. The number of hydrogen-bond donors (Lipinski definition) is 4. The highest BCUT2D eigenvalue weighted by Gasteiger charge is 2.34. The molecule has 0 saturated heterocycles. The van der Waals surface area contributed by atoms with E-state index >= 15 is 0 Å². The van der Waals surface area contributed by atoms with Crippen molar-refractivity contribution in [1.82, 2.24) is 4.72 Å². The first-order valence-electron chi connectivity index (χ1n) is 5.14. The average Bonchev–Trinajstić information content (AvgIpc) is 2.35. The molecule has 0 heterocycles. The maximum absolute atomic E-state index is 11.9. The van der Waals surface area contributed by atoms with E-state index in [4.69, 9.17) is 15.9 Å². The zero-order valence-electron chi connectivity index (χ0n) is 9.86. The van der Waals surface area contributed by atoms with Gasteiger partial charge in [-0.25, -0.2) is 8.42 Å². The molecule has 0 bridgehead atoms. The van der Waals surface area contributed by atoms with Gasteiger partial charge in [-0.3, -0.25) is 9.59 Å². The van der Waals surface area contributed by atoms with Crippen molar-refractivity contribution < 1.29 is 28.2 Å². The lowest BCUT2D eigenvalue weighted by atomic mass is 10.1. The Bertz CT molecular complexity index is 615. The first-order valence-corrected chi connectivity index (χ1v) is 7.42. The number of carboxylic acid groups (broad SMARTS) is 2. The second-order valence-corrected chi connectivity index (χ2v) is 6.38. The molecular weight excluding hydrogens is 356 g/mol. The maximum Gasteiger partial charge on any atom is 0.323 e. The second kappa shape index (κ2) is 6.31. The summed E-state index contributed by atoms with van der Waals surface area (Å²) in [5.41, 5.74) is 5.16. The van der Waals surface area contributed by atoms with E-state index in [-0.39, 0.29) is 4.90 Å². The summed E-state index contributed by atoms with van der Waals surface area (Å²) < 4.78 is 26.3. The molecule has 0 amide bonds. The molecule has 110 valence electrons. The lowest BCUT2D eigenvalue weighted by molar-refractivity contribution is -0.146. The Labute approximate surface area is 122 Å².